The number of carbonyl (C=O) groups excluding carboxylic acids is 1. The maximum atomic E-state index is 12.3. The van der Waals surface area contributed by atoms with Crippen molar-refractivity contribution >= 4 is 39.0 Å². The van der Waals surface area contributed by atoms with Crippen LogP contribution in [0.4, 0.5) is 0 Å². The maximum absolute atomic E-state index is 12.3. The first kappa shape index (κ1) is 18.2. The average Bonchev–Trinajstić information content (AvgIpc) is 3.22. The van der Waals surface area contributed by atoms with Crippen molar-refractivity contribution in [1.82, 2.24) is 15.0 Å². The van der Waals surface area contributed by atoms with Gasteiger partial charge in [-0.3, -0.25) is 4.79 Å². The molecule has 3 heterocycles. The largest absolute Gasteiger partial charge is 0.451 e. The standard InChI is InChI=1S/C21H17BrN4O2/c1-13-9-16(14(2)26(13)20-5-3-4-8-23-20)12-24-25-21(27)19-11-15-10-17(22)6-7-18(15)28-19/h3-12H,1-2H3,(H,25,27)/b24-12+. The van der Waals surface area contributed by atoms with Gasteiger partial charge in [-0.25, -0.2) is 10.4 Å². The zero-order valence-electron chi connectivity index (χ0n) is 15.3. The normalized spacial score (nSPS) is 11.4. The van der Waals surface area contributed by atoms with E-state index in [1.165, 1.54) is 0 Å². The lowest BCUT2D eigenvalue weighted by Crippen LogP contribution is -2.16. The van der Waals surface area contributed by atoms with Crippen molar-refractivity contribution in [2.75, 3.05) is 0 Å². The number of pyridine rings is 1. The minimum Gasteiger partial charge on any atom is -0.451 e. The third kappa shape index (κ3) is 3.48. The molecule has 0 spiro atoms. The van der Waals surface area contributed by atoms with Gasteiger partial charge in [0, 0.05) is 33.0 Å². The molecule has 1 amide bonds. The van der Waals surface area contributed by atoms with Crippen LogP contribution in [0.1, 0.15) is 27.5 Å². The van der Waals surface area contributed by atoms with Crippen molar-refractivity contribution in [2.24, 2.45) is 5.10 Å². The number of fused-ring (bicyclic) bond motifs is 1. The minimum absolute atomic E-state index is 0.212. The third-order valence-electron chi connectivity index (χ3n) is 4.42. The van der Waals surface area contributed by atoms with Crippen LogP contribution in [0.5, 0.6) is 0 Å². The van der Waals surface area contributed by atoms with Crippen molar-refractivity contribution in [3.63, 3.8) is 0 Å². The van der Waals surface area contributed by atoms with E-state index < -0.39 is 5.91 Å². The van der Waals surface area contributed by atoms with Crippen molar-refractivity contribution in [1.29, 1.82) is 0 Å². The first-order chi connectivity index (χ1) is 13.5. The van der Waals surface area contributed by atoms with Crippen LogP contribution in [0.25, 0.3) is 16.8 Å². The van der Waals surface area contributed by atoms with E-state index in [0.29, 0.717) is 5.58 Å². The summed E-state index contributed by atoms with van der Waals surface area (Å²) in [5.74, 6) is 0.654. The van der Waals surface area contributed by atoms with E-state index in [2.05, 4.69) is 31.4 Å². The van der Waals surface area contributed by atoms with E-state index in [1.807, 2.05) is 60.9 Å². The number of nitrogens with zero attached hydrogens (tertiary/aromatic N) is 3. The molecule has 1 aromatic carbocycles. The van der Waals surface area contributed by atoms with Crippen LogP contribution >= 0.6 is 15.9 Å². The summed E-state index contributed by atoms with van der Waals surface area (Å²) in [6, 6.07) is 15.0. The smallest absolute Gasteiger partial charge is 0.307 e. The first-order valence-electron chi connectivity index (χ1n) is 8.66. The number of aromatic nitrogens is 2. The summed E-state index contributed by atoms with van der Waals surface area (Å²) >= 11 is 3.41. The fraction of sp³-hybridized carbons (Fsp3) is 0.0952. The topological polar surface area (TPSA) is 72.4 Å². The molecule has 6 nitrogen and oxygen atoms in total. The molecule has 4 rings (SSSR count). The fourth-order valence-corrected chi connectivity index (χ4v) is 3.48. The van der Waals surface area contributed by atoms with Gasteiger partial charge in [0.15, 0.2) is 5.76 Å². The SMILES string of the molecule is Cc1cc(/C=N/NC(=O)c2cc3cc(Br)ccc3o2)c(C)n1-c1ccccn1. The summed E-state index contributed by atoms with van der Waals surface area (Å²) < 4.78 is 8.54. The molecule has 3 aromatic heterocycles. The molecular formula is C21H17BrN4O2. The Labute approximate surface area is 170 Å². The van der Waals surface area contributed by atoms with Gasteiger partial charge in [-0.1, -0.05) is 22.0 Å². The van der Waals surface area contributed by atoms with Gasteiger partial charge in [0.2, 0.25) is 0 Å². The maximum Gasteiger partial charge on any atom is 0.307 e. The molecule has 0 aliphatic heterocycles. The Morgan fingerprint density at radius 3 is 2.86 bits per heavy atom. The molecule has 0 radical (unpaired) electrons. The van der Waals surface area contributed by atoms with Gasteiger partial charge in [-0.2, -0.15) is 5.10 Å². The van der Waals surface area contributed by atoms with Gasteiger partial charge in [0.05, 0.1) is 6.21 Å². The summed E-state index contributed by atoms with van der Waals surface area (Å²) in [6.45, 7) is 3.99. The van der Waals surface area contributed by atoms with Crippen molar-refractivity contribution in [3.05, 3.63) is 81.9 Å². The van der Waals surface area contributed by atoms with Crippen molar-refractivity contribution < 1.29 is 9.21 Å². The van der Waals surface area contributed by atoms with E-state index in [-0.39, 0.29) is 5.76 Å². The summed E-state index contributed by atoms with van der Waals surface area (Å²) in [4.78, 5) is 16.7. The molecule has 140 valence electrons. The summed E-state index contributed by atoms with van der Waals surface area (Å²) in [6.07, 6.45) is 3.38. The zero-order valence-corrected chi connectivity index (χ0v) is 16.9. The Morgan fingerprint density at radius 1 is 1.21 bits per heavy atom. The molecular weight excluding hydrogens is 420 g/mol. The van der Waals surface area contributed by atoms with Gasteiger partial charge in [0.1, 0.15) is 11.4 Å². The van der Waals surface area contributed by atoms with Crippen LogP contribution in [-0.2, 0) is 0 Å². The van der Waals surface area contributed by atoms with Crippen LogP contribution in [0, 0.1) is 13.8 Å². The van der Waals surface area contributed by atoms with E-state index in [0.717, 1.165) is 32.6 Å². The lowest BCUT2D eigenvalue weighted by Gasteiger charge is -2.07. The van der Waals surface area contributed by atoms with Gasteiger partial charge >= 0.3 is 5.91 Å². The number of furan rings is 1. The highest BCUT2D eigenvalue weighted by molar-refractivity contribution is 9.10. The molecule has 0 fully saturated rings. The highest BCUT2D eigenvalue weighted by Crippen LogP contribution is 2.23. The Morgan fingerprint density at radius 2 is 2.07 bits per heavy atom. The number of hydrogen-bond acceptors (Lipinski definition) is 4. The number of benzene rings is 1. The van der Waals surface area contributed by atoms with Gasteiger partial charge in [-0.05, 0) is 56.3 Å². The van der Waals surface area contributed by atoms with Crippen LogP contribution in [0.3, 0.4) is 0 Å². The Kier molecular flexibility index (Phi) is 4.83. The Hall–Kier alpha value is -3.19. The third-order valence-corrected chi connectivity index (χ3v) is 4.91. The Bertz CT molecular complexity index is 1190. The van der Waals surface area contributed by atoms with Gasteiger partial charge in [-0.15, -0.1) is 0 Å². The van der Waals surface area contributed by atoms with E-state index in [1.54, 1.807) is 18.5 Å². The highest BCUT2D eigenvalue weighted by Gasteiger charge is 2.13. The second-order valence-corrected chi connectivity index (χ2v) is 7.26. The summed E-state index contributed by atoms with van der Waals surface area (Å²) in [5, 5.41) is 4.94. The second kappa shape index (κ2) is 7.44. The van der Waals surface area contributed by atoms with Gasteiger partial charge < -0.3 is 8.98 Å². The number of hydrazone groups is 1. The monoisotopic (exact) mass is 436 g/mol. The molecule has 0 saturated heterocycles. The minimum atomic E-state index is -0.401. The number of nitrogens with one attached hydrogen (secondary N) is 1. The Balaban J connectivity index is 1.52. The molecule has 0 aliphatic carbocycles. The lowest BCUT2D eigenvalue weighted by atomic mass is 10.2. The van der Waals surface area contributed by atoms with Crippen LogP contribution < -0.4 is 5.43 Å². The van der Waals surface area contributed by atoms with Gasteiger partial charge in [0.25, 0.3) is 0 Å². The quantitative estimate of drug-likeness (QED) is 0.370. The number of amides is 1. The highest BCUT2D eigenvalue weighted by atomic mass is 79.9. The molecule has 0 bridgehead atoms. The molecule has 0 atom stereocenters. The molecule has 28 heavy (non-hydrogen) atoms. The van der Waals surface area contributed by atoms with Crippen LogP contribution in [0.2, 0.25) is 0 Å². The number of aryl methyl sites for hydroxylation is 1. The first-order valence-corrected chi connectivity index (χ1v) is 9.45. The van der Waals surface area contributed by atoms with Crippen molar-refractivity contribution in [2.45, 2.75) is 13.8 Å². The summed E-state index contributed by atoms with van der Waals surface area (Å²) in [5.41, 5.74) is 6.09. The molecule has 1 N–H and O–H groups in total. The van der Waals surface area contributed by atoms with E-state index in [9.17, 15) is 4.79 Å². The number of hydrogen-bond donors (Lipinski definition) is 1. The van der Waals surface area contributed by atoms with Crippen LogP contribution in [0.15, 0.2) is 68.7 Å². The second-order valence-electron chi connectivity index (χ2n) is 6.34. The van der Waals surface area contributed by atoms with E-state index in [4.69, 9.17) is 4.42 Å². The number of halogens is 1. The lowest BCUT2D eigenvalue weighted by molar-refractivity contribution is 0.0929. The number of carbonyl (C=O) groups is 1. The fourth-order valence-electron chi connectivity index (χ4n) is 3.10. The predicted octanol–water partition coefficient (Wildman–Crippen LogP) is 4.76. The molecule has 0 aliphatic rings. The average molecular weight is 437 g/mol. The molecule has 4 aromatic rings. The van der Waals surface area contributed by atoms with Crippen molar-refractivity contribution in [3.8, 4) is 5.82 Å². The molecule has 0 unspecified atom stereocenters. The number of rotatable bonds is 4. The predicted molar refractivity (Wildman–Crippen MR) is 112 cm³/mol. The summed E-state index contributed by atoms with van der Waals surface area (Å²) in [7, 11) is 0. The van der Waals surface area contributed by atoms with E-state index >= 15 is 0 Å². The molecule has 7 heteroatoms. The van der Waals surface area contributed by atoms with Crippen LogP contribution in [-0.4, -0.2) is 21.7 Å². The molecule has 0 saturated carbocycles. The zero-order chi connectivity index (χ0) is 19.7.